The first kappa shape index (κ1) is 25.7. The van der Waals surface area contributed by atoms with Crippen molar-refractivity contribution in [1.82, 2.24) is 10.3 Å². The van der Waals surface area contributed by atoms with Crippen molar-refractivity contribution in [3.63, 3.8) is 0 Å². The summed E-state index contributed by atoms with van der Waals surface area (Å²) in [6, 6.07) is 8.83. The summed E-state index contributed by atoms with van der Waals surface area (Å²) in [4.78, 5) is 28.6. The number of nitrogens with one attached hydrogen (secondary N) is 2. The van der Waals surface area contributed by atoms with E-state index in [9.17, 15) is 9.59 Å². The monoisotopic (exact) mass is 454 g/mol. The molecule has 7 nitrogen and oxygen atoms in total. The molecule has 0 saturated heterocycles. The van der Waals surface area contributed by atoms with Gasteiger partial charge in [0.1, 0.15) is 11.4 Å². The van der Waals surface area contributed by atoms with Crippen LogP contribution in [0.4, 0.5) is 5.69 Å². The highest BCUT2D eigenvalue weighted by Crippen LogP contribution is 2.35. The lowest BCUT2D eigenvalue weighted by Crippen LogP contribution is -2.29. The van der Waals surface area contributed by atoms with Crippen LogP contribution < -0.4 is 21.1 Å². The smallest absolute Gasteiger partial charge is 0.269 e. The summed E-state index contributed by atoms with van der Waals surface area (Å²) >= 11 is 0. The summed E-state index contributed by atoms with van der Waals surface area (Å²) in [6.07, 6.45) is 4.38. The molecule has 164 valence electrons. The third-order valence-electron chi connectivity index (χ3n) is 5.11. The van der Waals surface area contributed by atoms with Crippen LogP contribution in [0.5, 0.6) is 11.5 Å². The maximum absolute atomic E-state index is 12.8. The van der Waals surface area contributed by atoms with E-state index in [1.54, 1.807) is 19.2 Å². The van der Waals surface area contributed by atoms with Crippen molar-refractivity contribution in [1.29, 1.82) is 0 Å². The predicted octanol–water partition coefficient (Wildman–Crippen LogP) is 3.70. The highest BCUT2D eigenvalue weighted by molar-refractivity contribution is 5.94. The first-order valence-corrected chi connectivity index (χ1v) is 9.49. The number of nitrogens with two attached hydrogens (primary N) is 1. The molecule has 2 aromatic rings. The molecule has 4 N–H and O–H groups in total. The molecule has 0 unspecified atom stereocenters. The van der Waals surface area contributed by atoms with Crippen LogP contribution in [0.15, 0.2) is 36.5 Å². The normalized spacial score (nSPS) is 17.3. The van der Waals surface area contributed by atoms with E-state index >= 15 is 0 Å². The first-order valence-electron chi connectivity index (χ1n) is 9.49. The first-order chi connectivity index (χ1) is 13.5. The van der Waals surface area contributed by atoms with Gasteiger partial charge < -0.3 is 21.1 Å². The fourth-order valence-electron chi connectivity index (χ4n) is 3.56. The molecule has 3 rings (SSSR count). The number of anilines is 1. The SMILES string of the molecule is CNC(=O)c1cc(Oc2cc(C)ccc2NC(=O)[C@@H]2CCC[C@@H]2CN)ccn1.Cl.Cl. The van der Waals surface area contributed by atoms with Crippen LogP contribution in [0.3, 0.4) is 0 Å². The number of aryl methyl sites for hydroxylation is 1. The Balaban J connectivity index is 0.00000225. The average Bonchev–Trinajstić information content (AvgIpc) is 3.18. The second kappa shape index (κ2) is 11.7. The van der Waals surface area contributed by atoms with E-state index in [0.717, 1.165) is 24.8 Å². The van der Waals surface area contributed by atoms with E-state index in [1.807, 2.05) is 25.1 Å². The molecule has 0 bridgehead atoms. The standard InChI is InChI=1S/C21H26N4O3.2ClH/c1-13-6-7-17(25-20(26)16-5-3-4-14(16)12-22)19(10-13)28-15-8-9-24-18(11-15)21(27)23-2;;/h6-11,14,16H,3-5,12,22H2,1-2H3,(H,23,27)(H,25,26);2*1H/t14-,16-;;/m1../s1. The zero-order valence-electron chi connectivity index (χ0n) is 17.0. The minimum absolute atomic E-state index is 0. The van der Waals surface area contributed by atoms with E-state index in [4.69, 9.17) is 10.5 Å². The van der Waals surface area contributed by atoms with Crippen LogP contribution in [-0.2, 0) is 4.79 Å². The van der Waals surface area contributed by atoms with E-state index in [2.05, 4.69) is 15.6 Å². The Labute approximate surface area is 189 Å². The topological polar surface area (TPSA) is 106 Å². The molecule has 0 spiro atoms. The number of aromatic nitrogens is 1. The van der Waals surface area contributed by atoms with Gasteiger partial charge in [-0.25, -0.2) is 0 Å². The van der Waals surface area contributed by atoms with Gasteiger partial charge in [-0.15, -0.1) is 24.8 Å². The molecule has 30 heavy (non-hydrogen) atoms. The summed E-state index contributed by atoms with van der Waals surface area (Å²) in [7, 11) is 1.55. The summed E-state index contributed by atoms with van der Waals surface area (Å²) in [5.74, 6) is 0.824. The number of rotatable bonds is 6. The van der Waals surface area contributed by atoms with Crippen molar-refractivity contribution in [2.45, 2.75) is 26.2 Å². The maximum Gasteiger partial charge on any atom is 0.269 e. The predicted molar refractivity (Wildman–Crippen MR) is 122 cm³/mol. The number of nitrogens with zero attached hydrogens (tertiary/aromatic N) is 1. The maximum atomic E-state index is 12.8. The molecule has 1 fully saturated rings. The molecule has 1 aromatic carbocycles. The minimum atomic E-state index is -0.294. The molecule has 2 atom stereocenters. The Morgan fingerprint density at radius 2 is 1.97 bits per heavy atom. The largest absolute Gasteiger partial charge is 0.455 e. The van der Waals surface area contributed by atoms with Crippen LogP contribution in [-0.4, -0.2) is 30.4 Å². The van der Waals surface area contributed by atoms with Gasteiger partial charge in [-0.2, -0.15) is 0 Å². The van der Waals surface area contributed by atoms with Crippen molar-refractivity contribution < 1.29 is 14.3 Å². The van der Waals surface area contributed by atoms with E-state index in [0.29, 0.717) is 23.7 Å². The quantitative estimate of drug-likeness (QED) is 0.616. The van der Waals surface area contributed by atoms with Crippen LogP contribution in [0.2, 0.25) is 0 Å². The third kappa shape index (κ3) is 6.08. The summed E-state index contributed by atoms with van der Waals surface area (Å²) in [5, 5.41) is 5.53. The van der Waals surface area contributed by atoms with Gasteiger partial charge in [0.15, 0.2) is 5.75 Å². The van der Waals surface area contributed by atoms with E-state index in [-0.39, 0.29) is 54.2 Å². The van der Waals surface area contributed by atoms with Gasteiger partial charge in [0.2, 0.25) is 5.91 Å². The lowest BCUT2D eigenvalue weighted by molar-refractivity contribution is -0.120. The Kier molecular flexibility index (Phi) is 10.0. The van der Waals surface area contributed by atoms with Crippen LogP contribution in [0, 0.1) is 18.8 Å². The highest BCUT2D eigenvalue weighted by Gasteiger charge is 2.32. The summed E-state index contributed by atoms with van der Waals surface area (Å²) in [5.41, 5.74) is 7.66. The number of pyridine rings is 1. The van der Waals surface area contributed by atoms with Gasteiger partial charge in [0.05, 0.1) is 5.69 Å². The number of benzene rings is 1. The second-order valence-electron chi connectivity index (χ2n) is 7.08. The molecule has 1 aromatic heterocycles. The fourth-order valence-corrected chi connectivity index (χ4v) is 3.56. The molecule has 1 aliphatic carbocycles. The Morgan fingerprint density at radius 1 is 1.20 bits per heavy atom. The van der Waals surface area contributed by atoms with Gasteiger partial charge in [-0.3, -0.25) is 14.6 Å². The number of hydrogen-bond acceptors (Lipinski definition) is 5. The molecule has 1 saturated carbocycles. The van der Waals surface area contributed by atoms with Crippen molar-refractivity contribution in [2.24, 2.45) is 17.6 Å². The number of amides is 2. The van der Waals surface area contributed by atoms with E-state index in [1.165, 1.54) is 6.20 Å². The van der Waals surface area contributed by atoms with Gasteiger partial charge in [0, 0.05) is 25.2 Å². The summed E-state index contributed by atoms with van der Waals surface area (Å²) < 4.78 is 5.98. The summed E-state index contributed by atoms with van der Waals surface area (Å²) in [6.45, 7) is 2.47. The van der Waals surface area contributed by atoms with Gasteiger partial charge >= 0.3 is 0 Å². The van der Waals surface area contributed by atoms with E-state index < -0.39 is 0 Å². The lowest BCUT2D eigenvalue weighted by atomic mass is 9.95. The molecule has 0 aliphatic heterocycles. The van der Waals surface area contributed by atoms with Crippen molar-refractivity contribution in [3.8, 4) is 11.5 Å². The number of ether oxygens (including phenoxy) is 1. The van der Waals surface area contributed by atoms with Crippen LogP contribution in [0.1, 0.15) is 35.3 Å². The molecule has 1 aliphatic rings. The lowest BCUT2D eigenvalue weighted by Gasteiger charge is -2.19. The van der Waals surface area contributed by atoms with Crippen molar-refractivity contribution in [3.05, 3.63) is 47.8 Å². The number of hydrogen-bond donors (Lipinski definition) is 3. The zero-order valence-corrected chi connectivity index (χ0v) is 18.6. The van der Waals surface area contributed by atoms with Crippen LogP contribution >= 0.6 is 24.8 Å². The van der Waals surface area contributed by atoms with Gasteiger partial charge in [-0.05, 0) is 56.0 Å². The Hall–Kier alpha value is -2.35. The van der Waals surface area contributed by atoms with Crippen molar-refractivity contribution >= 4 is 42.3 Å². The molecule has 9 heteroatoms. The molecule has 1 heterocycles. The zero-order chi connectivity index (χ0) is 20.1. The average molecular weight is 455 g/mol. The minimum Gasteiger partial charge on any atom is -0.455 e. The van der Waals surface area contributed by atoms with Gasteiger partial charge in [0.25, 0.3) is 5.91 Å². The molecular formula is C21H28Cl2N4O3. The van der Waals surface area contributed by atoms with Crippen LogP contribution in [0.25, 0.3) is 0 Å². The van der Waals surface area contributed by atoms with Crippen molar-refractivity contribution in [2.75, 3.05) is 18.9 Å². The number of carbonyl (C=O) groups is 2. The molecule has 2 amide bonds. The van der Waals surface area contributed by atoms with Gasteiger partial charge in [-0.1, -0.05) is 12.5 Å². The highest BCUT2D eigenvalue weighted by atomic mass is 35.5. The number of halogens is 2. The number of carbonyl (C=O) groups excluding carboxylic acids is 2. The molecule has 0 radical (unpaired) electrons. The third-order valence-corrected chi connectivity index (χ3v) is 5.11. The molecular weight excluding hydrogens is 427 g/mol. The Morgan fingerprint density at radius 3 is 2.67 bits per heavy atom. The second-order valence-corrected chi connectivity index (χ2v) is 7.08. The Bertz CT molecular complexity index is 879. The fraction of sp³-hybridized carbons (Fsp3) is 0.381.